The van der Waals surface area contributed by atoms with Crippen LogP contribution in [0.2, 0.25) is 4.25 Å². The molecule has 0 aliphatic heterocycles. The zero-order chi connectivity index (χ0) is 8.20. The zero-order valence-electron chi connectivity index (χ0n) is 7.33. The molecule has 1 heteroatoms. The molecule has 0 aromatic heterocycles. The third kappa shape index (κ3) is 2.15. The molecule has 0 aromatic carbocycles. The fraction of sp³-hybridized carbons (Fsp3) is 0.778. The fourth-order valence-corrected chi connectivity index (χ4v) is 1.46. The Balaban J connectivity index is 4.17. The van der Waals surface area contributed by atoms with Gasteiger partial charge in [-0.1, -0.05) is 0 Å². The first kappa shape index (κ1) is 10.3. The Kier molecular flexibility index (Phi) is 4.34. The SMILES string of the molecule is C=C(CC)[C]([Ge])(CC)CC. The first-order valence-electron chi connectivity index (χ1n) is 4.04. The van der Waals surface area contributed by atoms with Gasteiger partial charge in [0.15, 0.2) is 0 Å². The standard InChI is InChI=1S/C9H17Ge/c1-5-8(4)9(10,6-2)7-3/h4-7H2,1-3H3. The molecule has 3 radical (unpaired) electrons. The molecule has 0 bridgehead atoms. The molecular weight excluding hydrogens is 181 g/mol. The molecule has 0 aliphatic rings. The van der Waals surface area contributed by atoms with E-state index in [0.717, 1.165) is 6.42 Å². The Morgan fingerprint density at radius 3 is 1.80 bits per heavy atom. The molecule has 0 saturated carbocycles. The molecule has 0 heterocycles. The molecule has 10 heavy (non-hydrogen) atoms. The van der Waals surface area contributed by atoms with Crippen LogP contribution in [0.3, 0.4) is 0 Å². The van der Waals surface area contributed by atoms with Gasteiger partial charge in [0.05, 0.1) is 0 Å². The van der Waals surface area contributed by atoms with Crippen LogP contribution >= 0.6 is 0 Å². The van der Waals surface area contributed by atoms with Crippen molar-refractivity contribution in [3.8, 4) is 0 Å². The topological polar surface area (TPSA) is 0 Å². The van der Waals surface area contributed by atoms with Gasteiger partial charge in [-0.25, -0.2) is 0 Å². The van der Waals surface area contributed by atoms with Crippen LogP contribution in [0, 0.1) is 0 Å². The molecule has 0 fully saturated rings. The van der Waals surface area contributed by atoms with Crippen molar-refractivity contribution >= 4 is 16.5 Å². The maximum absolute atomic E-state index is 4.09. The Bertz CT molecular complexity index is 112. The summed E-state index contributed by atoms with van der Waals surface area (Å²) in [6.07, 6.45) is 3.56. The van der Waals surface area contributed by atoms with Crippen LogP contribution in [-0.2, 0) is 0 Å². The summed E-state index contributed by atoms with van der Waals surface area (Å²) < 4.78 is 0.398. The molecule has 57 valence electrons. The number of hydrogen-bond donors (Lipinski definition) is 0. The Morgan fingerprint density at radius 1 is 1.30 bits per heavy atom. The van der Waals surface area contributed by atoms with Crippen LogP contribution in [0.4, 0.5) is 0 Å². The van der Waals surface area contributed by atoms with Gasteiger partial charge in [0.1, 0.15) is 0 Å². The zero-order valence-corrected chi connectivity index (χ0v) is 9.43. The molecule has 0 unspecified atom stereocenters. The second kappa shape index (κ2) is 4.22. The Hall–Kier alpha value is 0.283. The van der Waals surface area contributed by atoms with Gasteiger partial charge >= 0.3 is 72.9 Å². The second-order valence-corrected chi connectivity index (χ2v) is 4.75. The van der Waals surface area contributed by atoms with Crippen LogP contribution in [-0.4, -0.2) is 16.5 Å². The van der Waals surface area contributed by atoms with Gasteiger partial charge in [-0.05, 0) is 0 Å². The van der Waals surface area contributed by atoms with E-state index in [0.29, 0.717) is 4.25 Å². The van der Waals surface area contributed by atoms with E-state index >= 15 is 0 Å². The summed E-state index contributed by atoms with van der Waals surface area (Å²) in [4.78, 5) is 0. The van der Waals surface area contributed by atoms with E-state index in [1.807, 2.05) is 0 Å². The monoisotopic (exact) mass is 199 g/mol. The third-order valence-electron chi connectivity index (χ3n) is 2.31. The Labute approximate surface area is 73.3 Å². The first-order valence-corrected chi connectivity index (χ1v) is 5.08. The van der Waals surface area contributed by atoms with Gasteiger partial charge in [0.25, 0.3) is 0 Å². The van der Waals surface area contributed by atoms with E-state index in [1.165, 1.54) is 18.4 Å². The molecule has 0 spiro atoms. The fourth-order valence-electron chi connectivity index (χ4n) is 1.09. The quantitative estimate of drug-likeness (QED) is 0.480. The molecule has 0 saturated heterocycles. The predicted octanol–water partition coefficient (Wildman–Crippen LogP) is 3.10. The van der Waals surface area contributed by atoms with Gasteiger partial charge in [-0.15, -0.1) is 0 Å². The van der Waals surface area contributed by atoms with Crippen molar-refractivity contribution in [3.63, 3.8) is 0 Å². The predicted molar refractivity (Wildman–Crippen MR) is 48.5 cm³/mol. The van der Waals surface area contributed by atoms with Crippen LogP contribution in [0.1, 0.15) is 40.0 Å². The van der Waals surface area contributed by atoms with E-state index in [4.69, 9.17) is 0 Å². The average Bonchev–Trinajstić information content (AvgIpc) is 2.01. The van der Waals surface area contributed by atoms with Crippen molar-refractivity contribution in [1.82, 2.24) is 0 Å². The summed E-state index contributed by atoms with van der Waals surface area (Å²) in [7, 11) is 0. The summed E-state index contributed by atoms with van der Waals surface area (Å²) in [5, 5.41) is 0. The first-order chi connectivity index (χ1) is 4.60. The van der Waals surface area contributed by atoms with Gasteiger partial charge in [0.2, 0.25) is 0 Å². The van der Waals surface area contributed by atoms with Crippen molar-refractivity contribution in [2.45, 2.75) is 44.3 Å². The molecule has 0 N–H and O–H groups in total. The van der Waals surface area contributed by atoms with Gasteiger partial charge in [-0.2, -0.15) is 0 Å². The van der Waals surface area contributed by atoms with Crippen molar-refractivity contribution < 1.29 is 0 Å². The van der Waals surface area contributed by atoms with E-state index in [2.05, 4.69) is 43.9 Å². The van der Waals surface area contributed by atoms with Crippen LogP contribution < -0.4 is 0 Å². The number of allylic oxidation sites excluding steroid dienone is 1. The Morgan fingerprint density at radius 2 is 1.70 bits per heavy atom. The third-order valence-corrected chi connectivity index (χ3v) is 4.54. The molecule has 0 atom stereocenters. The van der Waals surface area contributed by atoms with E-state index in [9.17, 15) is 0 Å². The van der Waals surface area contributed by atoms with Crippen molar-refractivity contribution in [2.24, 2.45) is 0 Å². The van der Waals surface area contributed by atoms with Gasteiger partial charge in [-0.3, -0.25) is 0 Å². The summed E-state index contributed by atoms with van der Waals surface area (Å²) in [6, 6.07) is 0. The molecule has 0 aliphatic carbocycles. The minimum absolute atomic E-state index is 0.398. The molecule has 0 rings (SSSR count). The van der Waals surface area contributed by atoms with E-state index in [-0.39, 0.29) is 0 Å². The number of hydrogen-bond acceptors (Lipinski definition) is 0. The van der Waals surface area contributed by atoms with Gasteiger partial charge in [0, 0.05) is 0 Å². The molecule has 0 aromatic rings. The normalized spacial score (nSPS) is 11.6. The van der Waals surface area contributed by atoms with Crippen molar-refractivity contribution in [1.29, 1.82) is 0 Å². The summed E-state index contributed by atoms with van der Waals surface area (Å²) >= 11 is 2.30. The molecular formula is C9H17Ge. The molecule has 0 amide bonds. The van der Waals surface area contributed by atoms with Crippen molar-refractivity contribution in [2.75, 3.05) is 0 Å². The van der Waals surface area contributed by atoms with Crippen LogP contribution in [0.5, 0.6) is 0 Å². The van der Waals surface area contributed by atoms with Crippen LogP contribution in [0.15, 0.2) is 12.2 Å². The van der Waals surface area contributed by atoms with Crippen molar-refractivity contribution in [3.05, 3.63) is 12.2 Å². The minimum atomic E-state index is 0.398. The van der Waals surface area contributed by atoms with Crippen LogP contribution in [0.25, 0.3) is 0 Å². The van der Waals surface area contributed by atoms with E-state index in [1.54, 1.807) is 0 Å². The average molecular weight is 198 g/mol. The molecule has 0 nitrogen and oxygen atoms in total. The van der Waals surface area contributed by atoms with E-state index < -0.39 is 0 Å². The maximum atomic E-state index is 4.09. The summed E-state index contributed by atoms with van der Waals surface area (Å²) in [5.41, 5.74) is 1.40. The summed E-state index contributed by atoms with van der Waals surface area (Å²) in [5.74, 6) is 0. The number of rotatable bonds is 4. The summed E-state index contributed by atoms with van der Waals surface area (Å²) in [6.45, 7) is 10.8. The second-order valence-electron chi connectivity index (χ2n) is 2.75. The van der Waals surface area contributed by atoms with Gasteiger partial charge < -0.3 is 0 Å².